The van der Waals surface area contributed by atoms with Crippen LogP contribution in [0.4, 0.5) is 0 Å². The van der Waals surface area contributed by atoms with Crippen molar-refractivity contribution < 1.29 is 4.74 Å². The molecule has 2 unspecified atom stereocenters. The first-order valence-corrected chi connectivity index (χ1v) is 6.50. The molecule has 2 heteroatoms. The SMILES string of the molecule is CCCCC(CC)CC1=NCC(CC)O1. The first-order chi connectivity index (χ1) is 7.30. The highest BCUT2D eigenvalue weighted by molar-refractivity contribution is 5.77. The van der Waals surface area contributed by atoms with Crippen molar-refractivity contribution in [1.82, 2.24) is 0 Å². The molecular formula is C13H25NO. The molecule has 0 spiro atoms. The quantitative estimate of drug-likeness (QED) is 0.627. The summed E-state index contributed by atoms with van der Waals surface area (Å²) in [6.45, 7) is 7.57. The Kier molecular flexibility index (Phi) is 5.74. The van der Waals surface area contributed by atoms with Gasteiger partial charge in [-0.15, -0.1) is 0 Å². The first-order valence-electron chi connectivity index (χ1n) is 6.50. The van der Waals surface area contributed by atoms with Crippen LogP contribution in [0.15, 0.2) is 4.99 Å². The Morgan fingerprint density at radius 1 is 1.40 bits per heavy atom. The van der Waals surface area contributed by atoms with Crippen molar-refractivity contribution in [2.75, 3.05) is 6.54 Å². The lowest BCUT2D eigenvalue weighted by Crippen LogP contribution is -2.14. The average molecular weight is 211 g/mol. The fourth-order valence-corrected chi connectivity index (χ4v) is 1.99. The van der Waals surface area contributed by atoms with Crippen molar-refractivity contribution in [1.29, 1.82) is 0 Å². The van der Waals surface area contributed by atoms with E-state index in [0.717, 1.165) is 31.2 Å². The highest BCUT2D eigenvalue weighted by atomic mass is 16.5. The summed E-state index contributed by atoms with van der Waals surface area (Å²) < 4.78 is 5.77. The van der Waals surface area contributed by atoms with Crippen molar-refractivity contribution in [3.63, 3.8) is 0 Å². The van der Waals surface area contributed by atoms with Crippen LogP contribution in [0.2, 0.25) is 0 Å². The molecule has 1 rings (SSSR count). The molecule has 0 bridgehead atoms. The molecule has 0 saturated heterocycles. The van der Waals surface area contributed by atoms with Gasteiger partial charge >= 0.3 is 0 Å². The largest absolute Gasteiger partial charge is 0.476 e. The van der Waals surface area contributed by atoms with E-state index in [9.17, 15) is 0 Å². The fraction of sp³-hybridized carbons (Fsp3) is 0.923. The van der Waals surface area contributed by atoms with Crippen LogP contribution >= 0.6 is 0 Å². The van der Waals surface area contributed by atoms with Gasteiger partial charge in [0.15, 0.2) is 5.90 Å². The van der Waals surface area contributed by atoms with Crippen LogP contribution in [-0.4, -0.2) is 18.5 Å². The molecule has 2 atom stereocenters. The van der Waals surface area contributed by atoms with Crippen molar-refractivity contribution >= 4 is 5.90 Å². The lowest BCUT2D eigenvalue weighted by Gasteiger charge is -2.15. The molecule has 0 fully saturated rings. The van der Waals surface area contributed by atoms with E-state index < -0.39 is 0 Å². The maximum absolute atomic E-state index is 5.77. The van der Waals surface area contributed by atoms with E-state index >= 15 is 0 Å². The van der Waals surface area contributed by atoms with Gasteiger partial charge in [0, 0.05) is 6.42 Å². The predicted molar refractivity (Wildman–Crippen MR) is 65.4 cm³/mol. The minimum absolute atomic E-state index is 0.365. The summed E-state index contributed by atoms with van der Waals surface area (Å²) >= 11 is 0. The molecule has 0 N–H and O–H groups in total. The van der Waals surface area contributed by atoms with Crippen LogP contribution in [0.3, 0.4) is 0 Å². The second-order valence-electron chi connectivity index (χ2n) is 4.50. The summed E-state index contributed by atoms with van der Waals surface area (Å²) in [6, 6.07) is 0. The van der Waals surface area contributed by atoms with E-state index in [2.05, 4.69) is 25.8 Å². The zero-order valence-electron chi connectivity index (χ0n) is 10.5. The zero-order valence-corrected chi connectivity index (χ0v) is 10.5. The van der Waals surface area contributed by atoms with Gasteiger partial charge in [0.2, 0.25) is 0 Å². The molecular weight excluding hydrogens is 186 g/mol. The van der Waals surface area contributed by atoms with Gasteiger partial charge in [-0.05, 0) is 18.8 Å². The molecule has 0 radical (unpaired) electrons. The highest BCUT2D eigenvalue weighted by Gasteiger charge is 2.20. The second-order valence-corrected chi connectivity index (χ2v) is 4.50. The summed E-state index contributed by atoms with van der Waals surface area (Å²) in [5.41, 5.74) is 0. The standard InChI is InChI=1S/C13H25NO/c1-4-7-8-11(5-2)9-13-14-10-12(6-3)15-13/h11-12H,4-10H2,1-3H3. The van der Waals surface area contributed by atoms with E-state index in [-0.39, 0.29) is 0 Å². The molecule has 2 nitrogen and oxygen atoms in total. The molecule has 0 saturated carbocycles. The van der Waals surface area contributed by atoms with Crippen LogP contribution in [-0.2, 0) is 4.74 Å². The van der Waals surface area contributed by atoms with Gasteiger partial charge in [-0.3, -0.25) is 4.99 Å². The van der Waals surface area contributed by atoms with E-state index in [1.54, 1.807) is 0 Å². The van der Waals surface area contributed by atoms with E-state index in [1.165, 1.54) is 25.7 Å². The van der Waals surface area contributed by atoms with Gasteiger partial charge in [0.05, 0.1) is 6.54 Å². The average Bonchev–Trinajstić information content (AvgIpc) is 2.71. The number of hydrogen-bond acceptors (Lipinski definition) is 2. The fourth-order valence-electron chi connectivity index (χ4n) is 1.99. The third-order valence-electron chi connectivity index (χ3n) is 3.24. The first kappa shape index (κ1) is 12.5. The van der Waals surface area contributed by atoms with Crippen molar-refractivity contribution in [3.05, 3.63) is 0 Å². The number of unbranched alkanes of at least 4 members (excludes halogenated alkanes) is 1. The Labute approximate surface area is 94.1 Å². The maximum Gasteiger partial charge on any atom is 0.183 e. The molecule has 1 aliphatic rings. The van der Waals surface area contributed by atoms with Gasteiger partial charge in [-0.1, -0.05) is 40.0 Å². The van der Waals surface area contributed by atoms with Crippen LogP contribution in [0.1, 0.15) is 59.3 Å². The molecule has 0 aliphatic carbocycles. The van der Waals surface area contributed by atoms with Crippen LogP contribution in [0.5, 0.6) is 0 Å². The Hall–Kier alpha value is -0.530. The van der Waals surface area contributed by atoms with E-state index in [0.29, 0.717) is 6.10 Å². The third-order valence-corrected chi connectivity index (χ3v) is 3.24. The highest BCUT2D eigenvalue weighted by Crippen LogP contribution is 2.20. The van der Waals surface area contributed by atoms with Gasteiger partial charge in [-0.2, -0.15) is 0 Å². The molecule has 15 heavy (non-hydrogen) atoms. The predicted octanol–water partition coefficient (Wildman–Crippen LogP) is 3.80. The number of ether oxygens (including phenoxy) is 1. The summed E-state index contributed by atoms with van der Waals surface area (Å²) in [6.07, 6.45) is 7.71. The van der Waals surface area contributed by atoms with Crippen LogP contribution in [0.25, 0.3) is 0 Å². The normalized spacial score (nSPS) is 22.3. The molecule has 0 aromatic heterocycles. The molecule has 88 valence electrons. The van der Waals surface area contributed by atoms with Gasteiger partial charge in [0.25, 0.3) is 0 Å². The van der Waals surface area contributed by atoms with Crippen molar-refractivity contribution in [2.45, 2.75) is 65.4 Å². The lowest BCUT2D eigenvalue weighted by molar-refractivity contribution is 0.209. The summed E-state index contributed by atoms with van der Waals surface area (Å²) in [7, 11) is 0. The number of nitrogens with zero attached hydrogens (tertiary/aromatic N) is 1. The molecule has 0 aromatic carbocycles. The lowest BCUT2D eigenvalue weighted by atomic mass is 9.96. The minimum atomic E-state index is 0.365. The van der Waals surface area contributed by atoms with Gasteiger partial charge in [-0.25, -0.2) is 0 Å². The Balaban J connectivity index is 2.26. The number of hydrogen-bond donors (Lipinski definition) is 0. The molecule has 0 aromatic rings. The summed E-state index contributed by atoms with van der Waals surface area (Å²) in [5.74, 6) is 1.80. The second kappa shape index (κ2) is 6.86. The minimum Gasteiger partial charge on any atom is -0.476 e. The van der Waals surface area contributed by atoms with E-state index in [1.807, 2.05) is 0 Å². The number of rotatable bonds is 7. The summed E-state index contributed by atoms with van der Waals surface area (Å²) in [4.78, 5) is 4.48. The van der Waals surface area contributed by atoms with Crippen molar-refractivity contribution in [2.24, 2.45) is 10.9 Å². The smallest absolute Gasteiger partial charge is 0.183 e. The monoisotopic (exact) mass is 211 g/mol. The third kappa shape index (κ3) is 4.23. The Morgan fingerprint density at radius 2 is 2.20 bits per heavy atom. The Morgan fingerprint density at radius 3 is 2.73 bits per heavy atom. The molecule has 0 amide bonds. The number of aliphatic imine (C=N–C) groups is 1. The van der Waals surface area contributed by atoms with Gasteiger partial charge in [0.1, 0.15) is 6.10 Å². The van der Waals surface area contributed by atoms with E-state index in [4.69, 9.17) is 4.74 Å². The maximum atomic E-state index is 5.77. The summed E-state index contributed by atoms with van der Waals surface area (Å²) in [5, 5.41) is 0. The zero-order chi connectivity index (χ0) is 11.1. The van der Waals surface area contributed by atoms with Gasteiger partial charge < -0.3 is 4.74 Å². The Bertz CT molecular complexity index is 201. The molecule has 1 heterocycles. The van der Waals surface area contributed by atoms with Crippen LogP contribution < -0.4 is 0 Å². The van der Waals surface area contributed by atoms with Crippen LogP contribution in [0, 0.1) is 5.92 Å². The van der Waals surface area contributed by atoms with Crippen molar-refractivity contribution in [3.8, 4) is 0 Å². The molecule has 1 aliphatic heterocycles. The topological polar surface area (TPSA) is 21.6 Å².